The third-order valence-electron chi connectivity index (χ3n) is 3.84. The highest BCUT2D eigenvalue weighted by Gasteiger charge is 2.20. The summed E-state index contributed by atoms with van der Waals surface area (Å²) in [6.07, 6.45) is 2.37. The molecular formula is C17H29N3O4P+. The van der Waals surface area contributed by atoms with E-state index in [2.05, 4.69) is 11.9 Å². The van der Waals surface area contributed by atoms with Gasteiger partial charge in [-0.1, -0.05) is 0 Å². The molecule has 1 aromatic carbocycles. The summed E-state index contributed by atoms with van der Waals surface area (Å²) >= 11 is 0. The van der Waals surface area contributed by atoms with Crippen molar-refractivity contribution in [2.45, 2.75) is 19.9 Å². The quantitative estimate of drug-likeness (QED) is 0.395. The van der Waals surface area contributed by atoms with Crippen LogP contribution in [0.3, 0.4) is 0 Å². The van der Waals surface area contributed by atoms with Gasteiger partial charge in [-0.3, -0.25) is 4.57 Å². The lowest BCUT2D eigenvalue weighted by molar-refractivity contribution is -0.870. The molecule has 1 heterocycles. The first-order chi connectivity index (χ1) is 11.7. The Labute approximate surface area is 149 Å². The van der Waals surface area contributed by atoms with Gasteiger partial charge in [0.2, 0.25) is 0 Å². The number of hydrogen-bond donors (Lipinski definition) is 1. The van der Waals surface area contributed by atoms with Gasteiger partial charge in [-0.2, -0.15) is 0 Å². The Hall–Kier alpha value is -1.40. The molecule has 0 amide bonds. The first kappa shape index (κ1) is 19.9. The summed E-state index contributed by atoms with van der Waals surface area (Å²) in [6, 6.07) is 5.73. The number of aryl methyl sites for hydroxylation is 1. The Morgan fingerprint density at radius 1 is 1.28 bits per heavy atom. The summed E-state index contributed by atoms with van der Waals surface area (Å²) in [5, 5.41) is 0. The second-order valence-electron chi connectivity index (χ2n) is 7.09. The van der Waals surface area contributed by atoms with Gasteiger partial charge >= 0.3 is 7.60 Å². The molecule has 0 aliphatic rings. The molecule has 8 heteroatoms. The number of benzene rings is 1. The van der Waals surface area contributed by atoms with Gasteiger partial charge in [-0.25, -0.2) is 4.98 Å². The number of hydrogen-bond acceptors (Lipinski definition) is 4. The van der Waals surface area contributed by atoms with Crippen LogP contribution in [0.5, 0.6) is 5.75 Å². The summed E-state index contributed by atoms with van der Waals surface area (Å²) in [5.74, 6) is 0.737. The van der Waals surface area contributed by atoms with Crippen molar-refractivity contribution in [3.63, 3.8) is 0 Å². The third-order valence-corrected chi connectivity index (χ3v) is 5.31. The summed E-state index contributed by atoms with van der Waals surface area (Å²) < 4.78 is 25.6. The van der Waals surface area contributed by atoms with Crippen LogP contribution >= 0.6 is 7.60 Å². The Kier molecular flexibility index (Phi) is 6.63. The lowest BCUT2D eigenvalue weighted by Gasteiger charge is -2.24. The lowest BCUT2D eigenvalue weighted by atomic mass is 10.3. The van der Waals surface area contributed by atoms with Crippen molar-refractivity contribution < 1.29 is 23.2 Å². The molecular weight excluding hydrogens is 341 g/mol. The second kappa shape index (κ2) is 8.32. The van der Waals surface area contributed by atoms with E-state index in [4.69, 9.17) is 9.26 Å². The average molecular weight is 370 g/mol. The maximum atomic E-state index is 12.0. The predicted molar refractivity (Wildman–Crippen MR) is 99.1 cm³/mol. The van der Waals surface area contributed by atoms with Crippen LogP contribution in [0.4, 0.5) is 0 Å². The van der Waals surface area contributed by atoms with E-state index in [0.29, 0.717) is 24.1 Å². The molecule has 1 N–H and O–H groups in total. The maximum absolute atomic E-state index is 12.0. The van der Waals surface area contributed by atoms with Crippen LogP contribution in [0.1, 0.15) is 13.3 Å². The fraction of sp³-hybridized carbons (Fsp3) is 0.588. The first-order valence-electron chi connectivity index (χ1n) is 8.55. The standard InChI is InChI=1S/C17H28N3O4P/c1-5-19-14-18-16-8-7-15(13-17(16)19)23-10-6-12-25(21,22)24-11-9-20(2,3)4/h7-8,13-14H,5-6,9-12H2,1-4H3/p+1. The van der Waals surface area contributed by atoms with Crippen LogP contribution in [-0.4, -0.2) is 66.0 Å². The van der Waals surface area contributed by atoms with Crippen molar-refractivity contribution in [3.8, 4) is 5.75 Å². The number of quaternary nitrogens is 1. The fourth-order valence-electron chi connectivity index (χ4n) is 2.35. The van der Waals surface area contributed by atoms with E-state index in [1.807, 2.05) is 50.2 Å². The summed E-state index contributed by atoms with van der Waals surface area (Å²) in [7, 11) is 2.50. The van der Waals surface area contributed by atoms with Gasteiger partial charge in [0.25, 0.3) is 0 Å². The van der Waals surface area contributed by atoms with E-state index in [1.165, 1.54) is 0 Å². The van der Waals surface area contributed by atoms with E-state index in [1.54, 1.807) is 0 Å². The van der Waals surface area contributed by atoms with Crippen LogP contribution in [-0.2, 0) is 15.6 Å². The number of imidazole rings is 1. The van der Waals surface area contributed by atoms with Gasteiger partial charge < -0.3 is 23.2 Å². The largest absolute Gasteiger partial charge is 0.493 e. The van der Waals surface area contributed by atoms with Gasteiger partial charge in [0.15, 0.2) is 0 Å². The van der Waals surface area contributed by atoms with Crippen molar-refractivity contribution in [3.05, 3.63) is 24.5 Å². The SMILES string of the molecule is CCn1cnc2ccc(OCCCP(=O)(O)OCC[N+](C)(C)C)cc21. The first-order valence-corrected chi connectivity index (χ1v) is 10.3. The zero-order valence-corrected chi connectivity index (χ0v) is 16.4. The van der Waals surface area contributed by atoms with E-state index in [0.717, 1.165) is 23.3 Å². The van der Waals surface area contributed by atoms with Crippen LogP contribution in [0.25, 0.3) is 11.0 Å². The molecule has 0 saturated heterocycles. The normalized spacial score (nSPS) is 14.6. The number of ether oxygens (including phenoxy) is 1. The Morgan fingerprint density at radius 2 is 2.04 bits per heavy atom. The Morgan fingerprint density at radius 3 is 2.72 bits per heavy atom. The lowest BCUT2D eigenvalue weighted by Crippen LogP contribution is -2.37. The molecule has 7 nitrogen and oxygen atoms in total. The van der Waals surface area contributed by atoms with Crippen molar-refractivity contribution in [1.29, 1.82) is 0 Å². The van der Waals surface area contributed by atoms with Crippen LogP contribution in [0.15, 0.2) is 24.5 Å². The van der Waals surface area contributed by atoms with Gasteiger partial charge in [0.05, 0.1) is 51.3 Å². The molecule has 0 aliphatic heterocycles. The monoisotopic (exact) mass is 370 g/mol. The Balaban J connectivity index is 1.77. The highest BCUT2D eigenvalue weighted by molar-refractivity contribution is 7.52. The molecule has 0 bridgehead atoms. The molecule has 25 heavy (non-hydrogen) atoms. The van der Waals surface area contributed by atoms with Crippen LogP contribution in [0.2, 0.25) is 0 Å². The van der Waals surface area contributed by atoms with E-state index in [9.17, 15) is 9.46 Å². The minimum absolute atomic E-state index is 0.0965. The highest BCUT2D eigenvalue weighted by Crippen LogP contribution is 2.42. The summed E-state index contributed by atoms with van der Waals surface area (Å²) in [5.41, 5.74) is 1.95. The number of rotatable bonds is 10. The van der Waals surface area contributed by atoms with Crippen LogP contribution < -0.4 is 4.74 Å². The maximum Gasteiger partial charge on any atom is 0.328 e. The molecule has 2 aromatic rings. The minimum atomic E-state index is -3.55. The minimum Gasteiger partial charge on any atom is -0.493 e. The highest BCUT2D eigenvalue weighted by atomic mass is 31.2. The third kappa shape index (κ3) is 6.44. The molecule has 1 unspecified atom stereocenters. The number of likely N-dealkylation sites (N-methyl/N-ethyl adjacent to an activating group) is 1. The number of nitrogens with zero attached hydrogens (tertiary/aromatic N) is 3. The predicted octanol–water partition coefficient (Wildman–Crippen LogP) is 2.73. The number of aromatic nitrogens is 2. The van der Waals surface area contributed by atoms with E-state index < -0.39 is 7.60 Å². The fourth-order valence-corrected chi connectivity index (χ4v) is 3.38. The smallest absolute Gasteiger partial charge is 0.328 e. The zero-order chi connectivity index (χ0) is 18.5. The molecule has 0 spiro atoms. The molecule has 140 valence electrons. The Bertz CT molecular complexity index is 739. The topological polar surface area (TPSA) is 73.6 Å². The molecule has 1 aromatic heterocycles. The van der Waals surface area contributed by atoms with Crippen molar-refractivity contribution in [1.82, 2.24) is 9.55 Å². The molecule has 1 atom stereocenters. The second-order valence-corrected chi connectivity index (χ2v) is 9.07. The average Bonchev–Trinajstić information content (AvgIpc) is 2.92. The molecule has 0 saturated carbocycles. The van der Waals surface area contributed by atoms with E-state index >= 15 is 0 Å². The van der Waals surface area contributed by atoms with Gasteiger partial charge in [0.1, 0.15) is 18.9 Å². The van der Waals surface area contributed by atoms with Crippen molar-refractivity contribution in [2.24, 2.45) is 0 Å². The van der Waals surface area contributed by atoms with Gasteiger partial charge in [-0.15, -0.1) is 0 Å². The molecule has 2 rings (SSSR count). The van der Waals surface area contributed by atoms with E-state index in [-0.39, 0.29) is 12.8 Å². The van der Waals surface area contributed by atoms with Gasteiger partial charge in [-0.05, 0) is 25.5 Å². The molecule has 0 fully saturated rings. The van der Waals surface area contributed by atoms with Crippen LogP contribution in [0, 0.1) is 0 Å². The van der Waals surface area contributed by atoms with Gasteiger partial charge in [0, 0.05) is 12.6 Å². The molecule has 0 aliphatic carbocycles. The zero-order valence-electron chi connectivity index (χ0n) is 15.5. The van der Waals surface area contributed by atoms with Crippen molar-refractivity contribution >= 4 is 18.6 Å². The number of fused-ring (bicyclic) bond motifs is 1. The summed E-state index contributed by atoms with van der Waals surface area (Å²) in [6.45, 7) is 4.24. The molecule has 0 radical (unpaired) electrons. The van der Waals surface area contributed by atoms with Crippen molar-refractivity contribution in [2.75, 3.05) is 47.1 Å². The summed E-state index contributed by atoms with van der Waals surface area (Å²) in [4.78, 5) is 14.2.